The van der Waals surface area contributed by atoms with Crippen molar-refractivity contribution >= 4 is 40.7 Å². The van der Waals surface area contributed by atoms with Crippen LogP contribution in [0.2, 0.25) is 10.0 Å². The molecule has 0 spiro atoms. The van der Waals surface area contributed by atoms with E-state index in [0.717, 1.165) is 12.1 Å². The van der Waals surface area contributed by atoms with Gasteiger partial charge >= 0.3 is 0 Å². The molecule has 0 radical (unpaired) electrons. The minimum Gasteiger partial charge on any atom is -0.343 e. The molecule has 1 aliphatic rings. The van der Waals surface area contributed by atoms with Gasteiger partial charge in [-0.15, -0.1) is 0 Å². The molecule has 1 fully saturated rings. The van der Waals surface area contributed by atoms with Gasteiger partial charge in [-0.2, -0.15) is 0 Å². The Bertz CT molecular complexity index is 556. The van der Waals surface area contributed by atoms with Crippen LogP contribution in [-0.4, -0.2) is 23.9 Å². The van der Waals surface area contributed by atoms with Gasteiger partial charge in [-0.1, -0.05) is 30.1 Å². The SMILES string of the molecule is CCC1C(=O)NC(C)C(=O)N1c1c(Cl)cc(F)cc1Cl. The van der Waals surface area contributed by atoms with Crippen LogP contribution < -0.4 is 10.2 Å². The van der Waals surface area contributed by atoms with Crippen LogP contribution in [0.5, 0.6) is 0 Å². The molecule has 1 heterocycles. The summed E-state index contributed by atoms with van der Waals surface area (Å²) >= 11 is 12.0. The Labute approximate surface area is 125 Å². The van der Waals surface area contributed by atoms with Gasteiger partial charge in [0, 0.05) is 0 Å². The first-order chi connectivity index (χ1) is 9.36. The minimum absolute atomic E-state index is 0.00343. The largest absolute Gasteiger partial charge is 0.343 e. The number of rotatable bonds is 2. The zero-order valence-corrected chi connectivity index (χ0v) is 12.4. The first-order valence-electron chi connectivity index (χ1n) is 6.14. The Morgan fingerprint density at radius 3 is 2.35 bits per heavy atom. The van der Waals surface area contributed by atoms with Crippen LogP contribution in [-0.2, 0) is 9.59 Å². The second-order valence-electron chi connectivity index (χ2n) is 4.58. The number of amides is 2. The summed E-state index contributed by atoms with van der Waals surface area (Å²) in [4.78, 5) is 25.6. The van der Waals surface area contributed by atoms with Gasteiger partial charge in [0.1, 0.15) is 17.9 Å². The van der Waals surface area contributed by atoms with Gasteiger partial charge in [0.15, 0.2) is 0 Å². The van der Waals surface area contributed by atoms with E-state index in [9.17, 15) is 14.0 Å². The summed E-state index contributed by atoms with van der Waals surface area (Å²) in [6.45, 7) is 3.34. The molecule has 1 aromatic rings. The van der Waals surface area contributed by atoms with Crippen molar-refractivity contribution in [2.45, 2.75) is 32.4 Å². The topological polar surface area (TPSA) is 49.4 Å². The maximum absolute atomic E-state index is 13.3. The van der Waals surface area contributed by atoms with Crippen LogP contribution in [0.1, 0.15) is 20.3 Å². The van der Waals surface area contributed by atoms with Crippen molar-refractivity contribution in [2.24, 2.45) is 0 Å². The summed E-state index contributed by atoms with van der Waals surface area (Å²) in [7, 11) is 0. The van der Waals surface area contributed by atoms with Crippen molar-refractivity contribution in [3.63, 3.8) is 0 Å². The molecule has 2 unspecified atom stereocenters. The van der Waals surface area contributed by atoms with E-state index in [2.05, 4.69) is 5.32 Å². The van der Waals surface area contributed by atoms with Crippen LogP contribution in [0, 0.1) is 5.82 Å². The second kappa shape index (κ2) is 5.58. The van der Waals surface area contributed by atoms with Crippen LogP contribution in [0.3, 0.4) is 0 Å². The molecule has 2 amide bonds. The standard InChI is InChI=1S/C13H13Cl2FN2O2/c1-3-10-12(19)17-6(2)13(20)18(10)11-8(14)4-7(16)5-9(11)15/h4-6,10H,3H2,1-2H3,(H,17,19). The highest BCUT2D eigenvalue weighted by Gasteiger charge is 2.40. The predicted molar refractivity (Wildman–Crippen MR) is 75.6 cm³/mol. The zero-order valence-electron chi connectivity index (χ0n) is 10.9. The number of halogens is 3. The molecule has 2 atom stereocenters. The molecule has 4 nitrogen and oxygen atoms in total. The number of carbonyl (C=O) groups is 2. The Morgan fingerprint density at radius 1 is 1.30 bits per heavy atom. The smallest absolute Gasteiger partial charge is 0.250 e. The number of carbonyl (C=O) groups excluding carboxylic acids is 2. The lowest BCUT2D eigenvalue weighted by atomic mass is 10.0. The summed E-state index contributed by atoms with van der Waals surface area (Å²) < 4.78 is 13.3. The number of nitrogens with one attached hydrogen (secondary N) is 1. The van der Waals surface area contributed by atoms with Gasteiger partial charge in [-0.3, -0.25) is 14.5 Å². The van der Waals surface area contributed by atoms with Gasteiger partial charge in [0.05, 0.1) is 15.7 Å². The quantitative estimate of drug-likeness (QED) is 0.911. The molecule has 0 bridgehead atoms. The third kappa shape index (κ3) is 2.47. The average Bonchev–Trinajstić information content (AvgIpc) is 2.34. The Balaban J connectivity index is 2.58. The van der Waals surface area contributed by atoms with E-state index >= 15 is 0 Å². The third-order valence-electron chi connectivity index (χ3n) is 3.19. The second-order valence-corrected chi connectivity index (χ2v) is 5.40. The lowest BCUT2D eigenvalue weighted by molar-refractivity contribution is -0.133. The highest BCUT2D eigenvalue weighted by atomic mass is 35.5. The zero-order chi connectivity index (χ0) is 15.0. The predicted octanol–water partition coefficient (Wildman–Crippen LogP) is 2.76. The van der Waals surface area contributed by atoms with Crippen molar-refractivity contribution in [2.75, 3.05) is 4.90 Å². The lowest BCUT2D eigenvalue weighted by Gasteiger charge is -2.38. The molecule has 7 heteroatoms. The van der Waals surface area contributed by atoms with Gasteiger partial charge in [-0.05, 0) is 25.5 Å². The normalized spacial score (nSPS) is 22.9. The van der Waals surface area contributed by atoms with Gasteiger partial charge in [0.25, 0.3) is 0 Å². The maximum atomic E-state index is 13.3. The monoisotopic (exact) mass is 318 g/mol. The number of benzene rings is 1. The molecular weight excluding hydrogens is 306 g/mol. The number of nitrogens with zero attached hydrogens (tertiary/aromatic N) is 1. The molecule has 1 aliphatic heterocycles. The first kappa shape index (κ1) is 15.1. The Kier molecular flexibility index (Phi) is 4.20. The molecule has 1 saturated heterocycles. The van der Waals surface area contributed by atoms with E-state index in [-0.39, 0.29) is 27.5 Å². The van der Waals surface area contributed by atoms with E-state index in [1.165, 1.54) is 4.90 Å². The van der Waals surface area contributed by atoms with E-state index in [1.807, 2.05) is 0 Å². The number of hydrogen-bond acceptors (Lipinski definition) is 2. The Morgan fingerprint density at radius 2 is 1.85 bits per heavy atom. The summed E-state index contributed by atoms with van der Waals surface area (Å²) in [5.41, 5.74) is 0.174. The molecule has 20 heavy (non-hydrogen) atoms. The molecule has 0 aromatic heterocycles. The minimum atomic E-state index is -0.709. The molecule has 2 rings (SSSR count). The molecule has 0 saturated carbocycles. The summed E-state index contributed by atoms with van der Waals surface area (Å²) in [6.07, 6.45) is 0.397. The van der Waals surface area contributed by atoms with Crippen LogP contribution in [0.15, 0.2) is 12.1 Å². The highest BCUT2D eigenvalue weighted by molar-refractivity contribution is 6.40. The first-order valence-corrected chi connectivity index (χ1v) is 6.90. The fraction of sp³-hybridized carbons (Fsp3) is 0.385. The summed E-state index contributed by atoms with van der Waals surface area (Å²) in [6, 6.07) is 0.751. The summed E-state index contributed by atoms with van der Waals surface area (Å²) in [5, 5.41) is 2.60. The van der Waals surface area contributed by atoms with E-state index < -0.39 is 17.9 Å². The summed E-state index contributed by atoms with van der Waals surface area (Å²) in [5.74, 6) is -1.21. The molecule has 1 N–H and O–H groups in total. The van der Waals surface area contributed by atoms with Gasteiger partial charge in [0.2, 0.25) is 11.8 Å². The van der Waals surface area contributed by atoms with E-state index in [0.29, 0.717) is 6.42 Å². The fourth-order valence-electron chi connectivity index (χ4n) is 2.25. The molecule has 0 aliphatic carbocycles. The highest BCUT2D eigenvalue weighted by Crippen LogP contribution is 2.37. The molecule has 1 aromatic carbocycles. The average molecular weight is 319 g/mol. The number of anilines is 1. The van der Waals surface area contributed by atoms with Crippen LogP contribution >= 0.6 is 23.2 Å². The van der Waals surface area contributed by atoms with E-state index in [4.69, 9.17) is 23.2 Å². The van der Waals surface area contributed by atoms with Crippen molar-refractivity contribution in [1.82, 2.24) is 5.32 Å². The fourth-order valence-corrected chi connectivity index (χ4v) is 2.89. The van der Waals surface area contributed by atoms with Crippen LogP contribution in [0.25, 0.3) is 0 Å². The van der Waals surface area contributed by atoms with Gasteiger partial charge in [-0.25, -0.2) is 4.39 Å². The third-order valence-corrected chi connectivity index (χ3v) is 3.77. The molecule has 108 valence electrons. The Hall–Kier alpha value is -1.33. The molecular formula is C13H13Cl2FN2O2. The lowest BCUT2D eigenvalue weighted by Crippen LogP contribution is -2.62. The van der Waals surface area contributed by atoms with Gasteiger partial charge < -0.3 is 5.32 Å². The van der Waals surface area contributed by atoms with Crippen molar-refractivity contribution < 1.29 is 14.0 Å². The van der Waals surface area contributed by atoms with Crippen molar-refractivity contribution in [3.05, 3.63) is 28.0 Å². The number of hydrogen-bond donors (Lipinski definition) is 1. The van der Waals surface area contributed by atoms with Crippen molar-refractivity contribution in [1.29, 1.82) is 0 Å². The maximum Gasteiger partial charge on any atom is 0.250 e. The van der Waals surface area contributed by atoms with Crippen molar-refractivity contribution in [3.8, 4) is 0 Å². The number of piperazine rings is 1. The van der Waals surface area contributed by atoms with E-state index in [1.54, 1.807) is 13.8 Å². The van der Waals surface area contributed by atoms with Crippen LogP contribution in [0.4, 0.5) is 10.1 Å².